The predicted octanol–water partition coefficient (Wildman–Crippen LogP) is 5.33. The van der Waals surface area contributed by atoms with Crippen LogP contribution in [0.1, 0.15) is 97.4 Å². The van der Waals surface area contributed by atoms with Crippen molar-refractivity contribution < 1.29 is 14.6 Å². The molecule has 2 saturated carbocycles. The maximum Gasteiger partial charge on any atom is 0.274 e. The number of anilines is 1. The maximum absolute atomic E-state index is 13.9. The maximum atomic E-state index is 13.9. The monoisotopic (exact) mass is 612 g/mol. The van der Waals surface area contributed by atoms with Crippen LogP contribution in [0.4, 0.5) is 5.69 Å². The summed E-state index contributed by atoms with van der Waals surface area (Å²) in [6, 6.07) is 17.7. The van der Waals surface area contributed by atoms with Crippen LogP contribution in [0.15, 0.2) is 65.6 Å². The van der Waals surface area contributed by atoms with Gasteiger partial charge in [-0.3, -0.25) is 9.59 Å². The van der Waals surface area contributed by atoms with E-state index in [0.717, 1.165) is 68.2 Å². The van der Waals surface area contributed by atoms with E-state index in [1.807, 2.05) is 44.4 Å². The van der Waals surface area contributed by atoms with Crippen LogP contribution in [-0.2, 0) is 12.8 Å². The lowest BCUT2D eigenvalue weighted by atomic mass is 9.72. The van der Waals surface area contributed by atoms with Gasteiger partial charge in [0.1, 0.15) is 17.0 Å². The number of rotatable bonds is 11. The molecule has 1 aromatic heterocycles. The topological polar surface area (TPSA) is 95.8 Å². The second-order valence-electron chi connectivity index (χ2n) is 13.5. The van der Waals surface area contributed by atoms with Crippen molar-refractivity contribution in [2.45, 2.75) is 101 Å². The zero-order valence-electron chi connectivity index (χ0n) is 26.9. The molecular formula is C37H48N4O4. The standard InChI is InChI=1S/C37H48N4O4/c1-4-25-15-16-34-29(19-25)31(22-37(45-34)17-10-18-37)38-23-33(42)30(20-26-11-6-5-7-12-26)39-35(43)27-21-32(40(2)3)36(44)41(24-27)28-13-8-9-14-28/h5-7,11-12,15-16,19,21,24,28,30-31,33,38,42H,4,8-10,13-14,17-18,20,22-23H2,1-3H3,(H,39,43)/t30-,31?,33+/m0/s1. The second-order valence-corrected chi connectivity index (χ2v) is 13.5. The van der Waals surface area contributed by atoms with E-state index in [1.165, 1.54) is 12.0 Å². The first-order chi connectivity index (χ1) is 21.7. The number of hydrogen-bond donors (Lipinski definition) is 3. The molecule has 240 valence electrons. The number of hydrogen-bond acceptors (Lipinski definition) is 6. The van der Waals surface area contributed by atoms with Gasteiger partial charge in [-0.05, 0) is 68.2 Å². The summed E-state index contributed by atoms with van der Waals surface area (Å²) in [6.07, 6.45) is 10.5. The molecule has 2 aromatic carbocycles. The highest BCUT2D eigenvalue weighted by molar-refractivity contribution is 5.95. The fourth-order valence-corrected chi connectivity index (χ4v) is 7.29. The Balaban J connectivity index is 1.23. The first kappa shape index (κ1) is 31.4. The molecule has 1 unspecified atom stereocenters. The van der Waals surface area contributed by atoms with Crippen LogP contribution >= 0.6 is 0 Å². The number of aromatic nitrogens is 1. The largest absolute Gasteiger partial charge is 0.487 e. The highest BCUT2D eigenvalue weighted by Crippen LogP contribution is 2.49. The van der Waals surface area contributed by atoms with E-state index < -0.39 is 12.1 Å². The summed E-state index contributed by atoms with van der Waals surface area (Å²) in [5.74, 6) is 0.649. The summed E-state index contributed by atoms with van der Waals surface area (Å²) in [5.41, 5.74) is 4.16. The fraction of sp³-hybridized carbons (Fsp3) is 0.514. The average molecular weight is 613 g/mol. The smallest absolute Gasteiger partial charge is 0.274 e. The molecule has 3 atom stereocenters. The van der Waals surface area contributed by atoms with Crippen molar-refractivity contribution in [3.05, 3.63) is 93.4 Å². The minimum absolute atomic E-state index is 0.0564. The van der Waals surface area contributed by atoms with Crippen LogP contribution in [0, 0.1) is 0 Å². The van der Waals surface area contributed by atoms with E-state index in [9.17, 15) is 14.7 Å². The number of aliphatic hydroxyl groups excluding tert-OH is 1. The highest BCUT2D eigenvalue weighted by atomic mass is 16.5. The van der Waals surface area contributed by atoms with Gasteiger partial charge in [0, 0.05) is 50.9 Å². The molecule has 3 aromatic rings. The summed E-state index contributed by atoms with van der Waals surface area (Å²) in [6.45, 7) is 2.47. The molecule has 8 heteroatoms. The van der Waals surface area contributed by atoms with Gasteiger partial charge in [0.2, 0.25) is 0 Å². The zero-order valence-corrected chi connectivity index (χ0v) is 26.9. The number of fused-ring (bicyclic) bond motifs is 1. The molecule has 45 heavy (non-hydrogen) atoms. The number of nitrogens with one attached hydrogen (secondary N) is 2. The first-order valence-corrected chi connectivity index (χ1v) is 16.8. The molecular weight excluding hydrogens is 564 g/mol. The summed E-state index contributed by atoms with van der Waals surface area (Å²) in [7, 11) is 3.66. The molecule has 2 fully saturated rings. The van der Waals surface area contributed by atoms with E-state index in [1.54, 1.807) is 21.7 Å². The predicted molar refractivity (Wildman–Crippen MR) is 178 cm³/mol. The number of carbonyl (C=O) groups is 1. The van der Waals surface area contributed by atoms with Crippen molar-refractivity contribution >= 4 is 11.6 Å². The van der Waals surface area contributed by atoms with Gasteiger partial charge in [0.25, 0.3) is 11.5 Å². The van der Waals surface area contributed by atoms with Crippen LogP contribution in [0.3, 0.4) is 0 Å². The third-order valence-electron chi connectivity index (χ3n) is 10.2. The van der Waals surface area contributed by atoms with Gasteiger partial charge in [-0.15, -0.1) is 0 Å². The Morgan fingerprint density at radius 3 is 2.49 bits per heavy atom. The third kappa shape index (κ3) is 6.82. The van der Waals surface area contributed by atoms with Gasteiger partial charge < -0.3 is 29.9 Å². The van der Waals surface area contributed by atoms with Gasteiger partial charge in [0.15, 0.2) is 0 Å². The molecule has 2 heterocycles. The van der Waals surface area contributed by atoms with E-state index in [-0.39, 0.29) is 29.2 Å². The summed E-state index contributed by atoms with van der Waals surface area (Å²) in [4.78, 5) is 29.0. The number of carbonyl (C=O) groups excluding carboxylic acids is 1. The summed E-state index contributed by atoms with van der Waals surface area (Å²) < 4.78 is 8.27. The van der Waals surface area contributed by atoms with Crippen LogP contribution in [0.2, 0.25) is 0 Å². The Morgan fingerprint density at radius 1 is 1.07 bits per heavy atom. The van der Waals surface area contributed by atoms with Gasteiger partial charge >= 0.3 is 0 Å². The molecule has 0 radical (unpaired) electrons. The van der Waals surface area contributed by atoms with Crippen molar-refractivity contribution in [1.82, 2.24) is 15.2 Å². The number of ether oxygens (including phenoxy) is 1. The molecule has 1 aliphatic heterocycles. The van der Waals surface area contributed by atoms with Crippen LogP contribution in [-0.4, -0.2) is 54.0 Å². The Labute approximate surface area is 266 Å². The summed E-state index contributed by atoms with van der Waals surface area (Å²) in [5, 5.41) is 18.5. The molecule has 3 N–H and O–H groups in total. The number of nitrogens with zero attached hydrogens (tertiary/aromatic N) is 2. The van der Waals surface area contributed by atoms with Crippen molar-refractivity contribution in [3.8, 4) is 5.75 Å². The number of benzene rings is 2. The molecule has 8 nitrogen and oxygen atoms in total. The van der Waals surface area contributed by atoms with Crippen molar-refractivity contribution in [2.75, 3.05) is 25.5 Å². The van der Waals surface area contributed by atoms with Gasteiger partial charge in [-0.1, -0.05) is 62.2 Å². The molecule has 1 spiro atoms. The second kappa shape index (κ2) is 13.4. The summed E-state index contributed by atoms with van der Waals surface area (Å²) >= 11 is 0. The first-order valence-electron chi connectivity index (χ1n) is 16.8. The zero-order chi connectivity index (χ0) is 31.6. The van der Waals surface area contributed by atoms with Gasteiger partial charge in [-0.25, -0.2) is 0 Å². The minimum atomic E-state index is -0.846. The normalized spacial score (nSPS) is 20.1. The fourth-order valence-electron chi connectivity index (χ4n) is 7.29. The van der Waals surface area contributed by atoms with Crippen molar-refractivity contribution in [3.63, 3.8) is 0 Å². The number of aliphatic hydroxyl groups is 1. The van der Waals surface area contributed by atoms with Crippen LogP contribution in [0.25, 0.3) is 0 Å². The molecule has 1 amide bonds. The molecule has 0 saturated heterocycles. The van der Waals surface area contributed by atoms with Crippen LogP contribution in [0.5, 0.6) is 5.75 Å². The average Bonchev–Trinajstić information content (AvgIpc) is 3.57. The number of amides is 1. The Kier molecular flexibility index (Phi) is 9.33. The van der Waals surface area contributed by atoms with Crippen molar-refractivity contribution in [1.29, 1.82) is 0 Å². The molecule has 2 aliphatic carbocycles. The minimum Gasteiger partial charge on any atom is -0.487 e. The number of pyridine rings is 1. The lowest BCUT2D eigenvalue weighted by Crippen LogP contribution is -2.52. The Hall–Kier alpha value is -3.62. The number of aryl methyl sites for hydroxylation is 1. The lowest BCUT2D eigenvalue weighted by molar-refractivity contribution is -0.0382. The Morgan fingerprint density at radius 2 is 1.82 bits per heavy atom. The molecule has 3 aliphatic rings. The van der Waals surface area contributed by atoms with Crippen molar-refractivity contribution in [2.24, 2.45) is 0 Å². The lowest BCUT2D eigenvalue weighted by Gasteiger charge is -2.48. The van der Waals surface area contributed by atoms with Gasteiger partial charge in [0.05, 0.1) is 17.7 Å². The highest BCUT2D eigenvalue weighted by Gasteiger charge is 2.45. The van der Waals surface area contributed by atoms with Crippen LogP contribution < -0.4 is 25.8 Å². The molecule has 0 bridgehead atoms. The quantitative estimate of drug-likeness (QED) is 0.271. The van der Waals surface area contributed by atoms with Gasteiger partial charge in [-0.2, -0.15) is 0 Å². The SMILES string of the molecule is CCc1ccc2c(c1)C(NC[C@@H](O)[C@H](Cc1ccccc1)NC(=O)c1cc(N(C)C)c(=O)n(C3CCCC3)c1)CC1(CCC1)O2. The Bertz CT molecular complexity index is 1540. The third-order valence-corrected chi connectivity index (χ3v) is 10.2. The molecule has 6 rings (SSSR count). The van der Waals surface area contributed by atoms with E-state index >= 15 is 0 Å². The van der Waals surface area contributed by atoms with E-state index in [0.29, 0.717) is 24.2 Å². The van der Waals surface area contributed by atoms with E-state index in [4.69, 9.17) is 4.74 Å². The van der Waals surface area contributed by atoms with E-state index in [2.05, 4.69) is 35.8 Å².